The first-order chi connectivity index (χ1) is 8.58. The van der Waals surface area contributed by atoms with Crippen LogP contribution in [0.3, 0.4) is 0 Å². The number of hydrogen-bond acceptors (Lipinski definition) is 4. The number of carbonyl (C=O) groups is 1. The first kappa shape index (κ1) is 12.8. The number of halogens is 2. The molecule has 1 heterocycles. The van der Waals surface area contributed by atoms with E-state index in [4.69, 9.17) is 16.7 Å². The normalized spacial score (nSPS) is 10.6. The van der Waals surface area contributed by atoms with Gasteiger partial charge in [-0.05, 0) is 12.1 Å². The Morgan fingerprint density at radius 1 is 1.56 bits per heavy atom. The molecule has 1 aromatic heterocycles. The van der Waals surface area contributed by atoms with E-state index in [0.717, 1.165) is 11.8 Å². The first-order valence-electron chi connectivity index (χ1n) is 4.79. The average Bonchev–Trinajstić information content (AvgIpc) is 2.78. The molecule has 0 amide bonds. The number of hydrogen-bond donors (Lipinski definition) is 2. The van der Waals surface area contributed by atoms with Gasteiger partial charge < -0.3 is 5.11 Å². The zero-order valence-electron chi connectivity index (χ0n) is 8.85. The number of aliphatic carboxylic acids is 1. The Hall–Kier alpha value is -1.60. The molecule has 0 aliphatic carbocycles. The molecule has 0 saturated heterocycles. The maximum absolute atomic E-state index is 13.7. The number of carboxylic acids is 1. The van der Waals surface area contributed by atoms with Gasteiger partial charge in [-0.2, -0.15) is 0 Å². The lowest BCUT2D eigenvalue weighted by Gasteiger charge is -1.99. The molecule has 2 rings (SSSR count). The minimum atomic E-state index is -0.972. The van der Waals surface area contributed by atoms with Crippen molar-refractivity contribution >= 4 is 29.3 Å². The monoisotopic (exact) mass is 287 g/mol. The summed E-state index contributed by atoms with van der Waals surface area (Å²) in [7, 11) is 0. The molecule has 8 heteroatoms. The van der Waals surface area contributed by atoms with Gasteiger partial charge in [-0.25, -0.2) is 9.37 Å². The number of benzene rings is 1. The molecule has 0 fully saturated rings. The molecule has 0 radical (unpaired) electrons. The molecule has 0 bridgehead atoms. The van der Waals surface area contributed by atoms with Gasteiger partial charge in [0.1, 0.15) is 0 Å². The SMILES string of the molecule is O=C(O)CSc1n[nH]c(-c2cccc(Cl)c2F)n1. The Kier molecular flexibility index (Phi) is 3.83. The van der Waals surface area contributed by atoms with Gasteiger partial charge in [0.15, 0.2) is 11.6 Å². The van der Waals surface area contributed by atoms with Crippen molar-refractivity contribution in [1.82, 2.24) is 15.2 Å². The van der Waals surface area contributed by atoms with E-state index < -0.39 is 11.8 Å². The van der Waals surface area contributed by atoms with E-state index in [-0.39, 0.29) is 27.3 Å². The van der Waals surface area contributed by atoms with Gasteiger partial charge in [-0.3, -0.25) is 9.89 Å². The summed E-state index contributed by atoms with van der Waals surface area (Å²) >= 11 is 6.60. The lowest BCUT2D eigenvalue weighted by molar-refractivity contribution is -0.133. The predicted octanol–water partition coefficient (Wildman–Crippen LogP) is 2.44. The lowest BCUT2D eigenvalue weighted by Crippen LogP contribution is -1.97. The van der Waals surface area contributed by atoms with Gasteiger partial charge in [-0.15, -0.1) is 5.10 Å². The largest absolute Gasteiger partial charge is 0.481 e. The van der Waals surface area contributed by atoms with Crippen molar-refractivity contribution < 1.29 is 14.3 Å². The van der Waals surface area contributed by atoms with Crippen LogP contribution < -0.4 is 0 Å². The summed E-state index contributed by atoms with van der Waals surface area (Å²) in [5, 5.41) is 15.1. The third-order valence-electron chi connectivity index (χ3n) is 2.00. The smallest absolute Gasteiger partial charge is 0.313 e. The Labute approximate surface area is 110 Å². The third-order valence-corrected chi connectivity index (χ3v) is 3.12. The van der Waals surface area contributed by atoms with E-state index in [1.54, 1.807) is 6.07 Å². The average molecular weight is 288 g/mol. The van der Waals surface area contributed by atoms with Crippen molar-refractivity contribution in [3.63, 3.8) is 0 Å². The highest BCUT2D eigenvalue weighted by atomic mass is 35.5. The molecule has 94 valence electrons. The fourth-order valence-corrected chi connectivity index (χ4v) is 1.94. The molecule has 2 aromatic rings. The number of aromatic amines is 1. The fourth-order valence-electron chi connectivity index (χ4n) is 1.24. The van der Waals surface area contributed by atoms with Gasteiger partial charge in [-0.1, -0.05) is 29.4 Å². The molecule has 0 aliphatic heterocycles. The van der Waals surface area contributed by atoms with E-state index in [1.807, 2.05) is 0 Å². The topological polar surface area (TPSA) is 78.9 Å². The van der Waals surface area contributed by atoms with Gasteiger partial charge in [0.05, 0.1) is 16.3 Å². The van der Waals surface area contributed by atoms with Crippen molar-refractivity contribution in [2.45, 2.75) is 5.16 Å². The van der Waals surface area contributed by atoms with E-state index in [2.05, 4.69) is 15.2 Å². The second-order valence-electron chi connectivity index (χ2n) is 3.25. The number of nitrogens with one attached hydrogen (secondary N) is 1. The van der Waals surface area contributed by atoms with Crippen LogP contribution in [-0.2, 0) is 4.79 Å². The van der Waals surface area contributed by atoms with Crippen molar-refractivity contribution in [2.75, 3.05) is 5.75 Å². The summed E-state index contributed by atoms with van der Waals surface area (Å²) in [5.41, 5.74) is 0.192. The summed E-state index contributed by atoms with van der Waals surface area (Å²) in [5.74, 6) is -1.51. The van der Waals surface area contributed by atoms with Crippen LogP contribution >= 0.6 is 23.4 Å². The second-order valence-corrected chi connectivity index (χ2v) is 4.60. The van der Waals surface area contributed by atoms with Crippen molar-refractivity contribution in [3.05, 3.63) is 29.0 Å². The summed E-state index contributed by atoms with van der Waals surface area (Å²) in [6, 6.07) is 4.53. The van der Waals surface area contributed by atoms with E-state index in [1.165, 1.54) is 12.1 Å². The van der Waals surface area contributed by atoms with E-state index >= 15 is 0 Å². The zero-order chi connectivity index (χ0) is 13.1. The van der Waals surface area contributed by atoms with Crippen LogP contribution in [0, 0.1) is 5.82 Å². The molecule has 0 aliphatic rings. The minimum absolute atomic E-state index is 0.0105. The number of rotatable bonds is 4. The number of thioether (sulfide) groups is 1. The summed E-state index contributed by atoms with van der Waals surface area (Å²) in [6.07, 6.45) is 0. The number of aromatic nitrogens is 3. The van der Waals surface area contributed by atoms with Crippen molar-refractivity contribution in [2.24, 2.45) is 0 Å². The van der Waals surface area contributed by atoms with Crippen LogP contribution in [0.5, 0.6) is 0 Å². The van der Waals surface area contributed by atoms with Crippen molar-refractivity contribution in [3.8, 4) is 11.4 Å². The molecular formula is C10H7ClFN3O2S. The lowest BCUT2D eigenvalue weighted by atomic mass is 10.2. The van der Waals surface area contributed by atoms with Crippen LogP contribution in [0.1, 0.15) is 0 Å². The summed E-state index contributed by atoms with van der Waals surface area (Å²) in [6.45, 7) is 0. The first-order valence-corrected chi connectivity index (χ1v) is 6.15. The molecule has 0 spiro atoms. The van der Waals surface area contributed by atoms with Gasteiger partial charge >= 0.3 is 5.97 Å². The van der Waals surface area contributed by atoms with Gasteiger partial charge in [0.2, 0.25) is 5.16 Å². The molecule has 1 aromatic carbocycles. The van der Waals surface area contributed by atoms with Crippen LogP contribution in [0.2, 0.25) is 5.02 Å². The summed E-state index contributed by atoms with van der Waals surface area (Å²) in [4.78, 5) is 14.4. The standard InChI is InChI=1S/C10H7ClFN3O2S/c11-6-3-1-2-5(8(6)12)9-13-10(15-14-9)18-4-7(16)17/h1-3H,4H2,(H,16,17)(H,13,14,15). The Morgan fingerprint density at radius 3 is 3.06 bits per heavy atom. The number of carboxylic acid groups (broad SMARTS) is 1. The highest BCUT2D eigenvalue weighted by Crippen LogP contribution is 2.26. The summed E-state index contributed by atoms with van der Waals surface area (Å²) < 4.78 is 13.7. The van der Waals surface area contributed by atoms with Gasteiger partial charge in [0.25, 0.3) is 0 Å². The van der Waals surface area contributed by atoms with Crippen LogP contribution in [0.25, 0.3) is 11.4 Å². The number of H-pyrrole nitrogens is 1. The quantitative estimate of drug-likeness (QED) is 0.845. The van der Waals surface area contributed by atoms with E-state index in [0.29, 0.717) is 0 Å². The molecule has 5 nitrogen and oxygen atoms in total. The van der Waals surface area contributed by atoms with Crippen molar-refractivity contribution in [1.29, 1.82) is 0 Å². The van der Waals surface area contributed by atoms with Crippen LogP contribution in [0.4, 0.5) is 4.39 Å². The Morgan fingerprint density at radius 2 is 2.33 bits per heavy atom. The third kappa shape index (κ3) is 2.80. The highest BCUT2D eigenvalue weighted by Gasteiger charge is 2.13. The molecule has 2 N–H and O–H groups in total. The maximum atomic E-state index is 13.7. The van der Waals surface area contributed by atoms with Crippen LogP contribution in [0.15, 0.2) is 23.4 Å². The molecule has 18 heavy (non-hydrogen) atoms. The predicted molar refractivity (Wildman–Crippen MR) is 65.1 cm³/mol. The highest BCUT2D eigenvalue weighted by molar-refractivity contribution is 7.99. The molecule has 0 atom stereocenters. The Balaban J connectivity index is 2.24. The fraction of sp³-hybridized carbons (Fsp3) is 0.100. The van der Waals surface area contributed by atoms with Gasteiger partial charge in [0, 0.05) is 0 Å². The maximum Gasteiger partial charge on any atom is 0.313 e. The second kappa shape index (κ2) is 5.36. The number of nitrogens with zero attached hydrogens (tertiary/aromatic N) is 2. The molecular weight excluding hydrogens is 281 g/mol. The minimum Gasteiger partial charge on any atom is -0.481 e. The van der Waals surface area contributed by atoms with E-state index in [9.17, 15) is 9.18 Å². The molecule has 0 unspecified atom stereocenters. The van der Waals surface area contributed by atoms with Crippen LogP contribution in [-0.4, -0.2) is 32.0 Å². The molecule has 0 saturated carbocycles. The zero-order valence-corrected chi connectivity index (χ0v) is 10.4. The Bertz CT molecular complexity index is 590.